The SMILES string of the molecule is CC(N)C(=O)O[C@@H](C)[C@H](COc1ccccc1)Cc1ccccc1. The summed E-state index contributed by atoms with van der Waals surface area (Å²) in [6.45, 7) is 3.98. The van der Waals surface area contributed by atoms with Crippen molar-refractivity contribution >= 4 is 5.97 Å². The van der Waals surface area contributed by atoms with Gasteiger partial charge in [0.25, 0.3) is 0 Å². The second kappa shape index (κ2) is 9.08. The van der Waals surface area contributed by atoms with Crippen molar-refractivity contribution < 1.29 is 14.3 Å². The van der Waals surface area contributed by atoms with Crippen LogP contribution >= 0.6 is 0 Å². The summed E-state index contributed by atoms with van der Waals surface area (Å²) in [6.07, 6.45) is 0.480. The third kappa shape index (κ3) is 5.70. The molecule has 2 aromatic rings. The maximum Gasteiger partial charge on any atom is 0.322 e. The van der Waals surface area contributed by atoms with Crippen molar-refractivity contribution in [3.63, 3.8) is 0 Å². The van der Waals surface area contributed by atoms with Gasteiger partial charge in [0.05, 0.1) is 6.61 Å². The molecular formula is C20H25NO3. The third-order valence-electron chi connectivity index (χ3n) is 3.89. The lowest BCUT2D eigenvalue weighted by molar-refractivity contribution is -0.152. The average Bonchev–Trinajstić information content (AvgIpc) is 2.60. The van der Waals surface area contributed by atoms with Gasteiger partial charge < -0.3 is 15.2 Å². The number of hydrogen-bond acceptors (Lipinski definition) is 4. The molecule has 0 saturated carbocycles. The van der Waals surface area contributed by atoms with Crippen LogP contribution in [0.3, 0.4) is 0 Å². The predicted molar refractivity (Wildman–Crippen MR) is 94.8 cm³/mol. The first-order valence-corrected chi connectivity index (χ1v) is 8.24. The molecule has 128 valence electrons. The van der Waals surface area contributed by atoms with Crippen molar-refractivity contribution in [3.05, 3.63) is 66.2 Å². The first-order chi connectivity index (χ1) is 11.6. The Morgan fingerprint density at radius 2 is 1.58 bits per heavy atom. The van der Waals surface area contributed by atoms with E-state index in [1.165, 1.54) is 5.56 Å². The minimum atomic E-state index is -0.625. The number of rotatable bonds is 8. The lowest BCUT2D eigenvalue weighted by atomic mass is 9.95. The first-order valence-electron chi connectivity index (χ1n) is 8.24. The van der Waals surface area contributed by atoms with Gasteiger partial charge in [0.15, 0.2) is 0 Å². The summed E-state index contributed by atoms with van der Waals surface area (Å²) in [6, 6.07) is 19.1. The van der Waals surface area contributed by atoms with Crippen LogP contribution < -0.4 is 10.5 Å². The van der Waals surface area contributed by atoms with Crippen LogP contribution in [0.25, 0.3) is 0 Å². The molecule has 2 rings (SSSR count). The van der Waals surface area contributed by atoms with E-state index in [4.69, 9.17) is 15.2 Å². The van der Waals surface area contributed by atoms with Gasteiger partial charge in [-0.15, -0.1) is 0 Å². The monoisotopic (exact) mass is 327 g/mol. The van der Waals surface area contributed by atoms with Crippen LogP contribution in [-0.2, 0) is 16.0 Å². The first kappa shape index (κ1) is 18.0. The number of para-hydroxylation sites is 1. The van der Waals surface area contributed by atoms with Crippen LogP contribution in [0.2, 0.25) is 0 Å². The maximum atomic E-state index is 11.8. The van der Waals surface area contributed by atoms with Crippen LogP contribution in [0, 0.1) is 5.92 Å². The van der Waals surface area contributed by atoms with Crippen molar-refractivity contribution in [1.82, 2.24) is 0 Å². The lowest BCUT2D eigenvalue weighted by Crippen LogP contribution is -2.36. The molecule has 0 spiro atoms. The fraction of sp³-hybridized carbons (Fsp3) is 0.350. The van der Waals surface area contributed by atoms with Gasteiger partial charge in [-0.2, -0.15) is 0 Å². The lowest BCUT2D eigenvalue weighted by Gasteiger charge is -2.25. The minimum Gasteiger partial charge on any atom is -0.493 e. The van der Waals surface area contributed by atoms with E-state index in [0.29, 0.717) is 6.61 Å². The average molecular weight is 327 g/mol. The Kier molecular flexibility index (Phi) is 6.82. The van der Waals surface area contributed by atoms with Gasteiger partial charge in [-0.3, -0.25) is 4.79 Å². The Morgan fingerprint density at radius 3 is 2.17 bits per heavy atom. The Morgan fingerprint density at radius 1 is 1.00 bits per heavy atom. The third-order valence-corrected chi connectivity index (χ3v) is 3.89. The van der Waals surface area contributed by atoms with Crippen LogP contribution in [0.5, 0.6) is 5.75 Å². The predicted octanol–water partition coefficient (Wildman–Crippen LogP) is 3.20. The Bertz CT molecular complexity index is 613. The summed E-state index contributed by atoms with van der Waals surface area (Å²) in [5.74, 6) is 0.455. The van der Waals surface area contributed by atoms with E-state index >= 15 is 0 Å². The molecule has 4 nitrogen and oxygen atoms in total. The molecule has 2 aromatic carbocycles. The quantitative estimate of drug-likeness (QED) is 0.756. The highest BCUT2D eigenvalue weighted by Crippen LogP contribution is 2.18. The molecule has 4 heteroatoms. The molecule has 0 saturated heterocycles. The molecule has 1 unspecified atom stereocenters. The Balaban J connectivity index is 2.03. The van der Waals surface area contributed by atoms with E-state index in [-0.39, 0.29) is 18.0 Å². The molecule has 0 heterocycles. The fourth-order valence-electron chi connectivity index (χ4n) is 2.38. The van der Waals surface area contributed by atoms with Crippen molar-refractivity contribution in [2.24, 2.45) is 11.7 Å². The summed E-state index contributed by atoms with van der Waals surface area (Å²) in [7, 11) is 0. The summed E-state index contributed by atoms with van der Waals surface area (Å²) in [4.78, 5) is 11.8. The van der Waals surface area contributed by atoms with Crippen molar-refractivity contribution in [1.29, 1.82) is 0 Å². The molecule has 0 bridgehead atoms. The summed E-state index contributed by atoms with van der Waals surface area (Å²) >= 11 is 0. The topological polar surface area (TPSA) is 61.6 Å². The molecular weight excluding hydrogens is 302 g/mol. The van der Waals surface area contributed by atoms with Crippen molar-refractivity contribution in [2.75, 3.05) is 6.61 Å². The van der Waals surface area contributed by atoms with Gasteiger partial charge in [-0.1, -0.05) is 48.5 Å². The van der Waals surface area contributed by atoms with E-state index in [1.54, 1.807) is 6.92 Å². The minimum absolute atomic E-state index is 0.0373. The number of carbonyl (C=O) groups excluding carboxylic acids is 1. The molecule has 0 fully saturated rings. The van der Waals surface area contributed by atoms with Gasteiger partial charge in [0.1, 0.15) is 17.9 Å². The number of benzene rings is 2. The van der Waals surface area contributed by atoms with Gasteiger partial charge in [0, 0.05) is 5.92 Å². The Labute approximate surface area is 143 Å². The Hall–Kier alpha value is -2.33. The zero-order valence-corrected chi connectivity index (χ0v) is 14.2. The largest absolute Gasteiger partial charge is 0.493 e. The van der Waals surface area contributed by atoms with Crippen molar-refractivity contribution in [2.45, 2.75) is 32.4 Å². The molecule has 0 aromatic heterocycles. The number of nitrogens with two attached hydrogens (primary N) is 1. The van der Waals surface area contributed by atoms with Crippen LogP contribution in [-0.4, -0.2) is 24.7 Å². The molecule has 0 aliphatic heterocycles. The molecule has 0 amide bonds. The van der Waals surface area contributed by atoms with Crippen LogP contribution in [0.15, 0.2) is 60.7 Å². The molecule has 24 heavy (non-hydrogen) atoms. The smallest absolute Gasteiger partial charge is 0.322 e. The van der Waals surface area contributed by atoms with Gasteiger partial charge in [-0.05, 0) is 38.0 Å². The highest BCUT2D eigenvalue weighted by Gasteiger charge is 2.23. The molecule has 0 aliphatic rings. The zero-order chi connectivity index (χ0) is 17.4. The van der Waals surface area contributed by atoms with E-state index in [0.717, 1.165) is 12.2 Å². The molecule has 3 atom stereocenters. The van der Waals surface area contributed by atoms with Crippen LogP contribution in [0.4, 0.5) is 0 Å². The number of esters is 1. The summed E-state index contributed by atoms with van der Waals surface area (Å²) in [5.41, 5.74) is 6.78. The summed E-state index contributed by atoms with van der Waals surface area (Å²) in [5, 5.41) is 0. The maximum absolute atomic E-state index is 11.8. The van der Waals surface area contributed by atoms with E-state index in [1.807, 2.05) is 55.5 Å². The van der Waals surface area contributed by atoms with Crippen LogP contribution in [0.1, 0.15) is 19.4 Å². The van der Waals surface area contributed by atoms with E-state index < -0.39 is 6.04 Å². The van der Waals surface area contributed by atoms with E-state index in [9.17, 15) is 4.79 Å². The number of hydrogen-bond donors (Lipinski definition) is 1. The van der Waals surface area contributed by atoms with Gasteiger partial charge in [0.2, 0.25) is 0 Å². The number of carbonyl (C=O) groups is 1. The van der Waals surface area contributed by atoms with Gasteiger partial charge >= 0.3 is 5.97 Å². The second-order valence-electron chi connectivity index (χ2n) is 6.00. The van der Waals surface area contributed by atoms with Gasteiger partial charge in [-0.25, -0.2) is 0 Å². The van der Waals surface area contributed by atoms with E-state index in [2.05, 4.69) is 12.1 Å². The second-order valence-corrected chi connectivity index (χ2v) is 6.00. The highest BCUT2D eigenvalue weighted by molar-refractivity contribution is 5.75. The molecule has 0 aliphatic carbocycles. The number of ether oxygens (including phenoxy) is 2. The fourth-order valence-corrected chi connectivity index (χ4v) is 2.38. The summed E-state index contributed by atoms with van der Waals surface area (Å²) < 4.78 is 11.4. The highest BCUT2D eigenvalue weighted by atomic mass is 16.5. The standard InChI is InChI=1S/C20H25NO3/c1-15(21)20(22)24-16(2)18(13-17-9-5-3-6-10-17)14-23-19-11-7-4-8-12-19/h3-12,15-16,18H,13-14,21H2,1-2H3/t15?,16-,18-/m0/s1. The molecule has 0 radical (unpaired) electrons. The molecule has 2 N–H and O–H groups in total. The zero-order valence-electron chi connectivity index (χ0n) is 14.2. The van der Waals surface area contributed by atoms with Crippen molar-refractivity contribution in [3.8, 4) is 5.75 Å². The normalized spacial score (nSPS) is 14.5.